The van der Waals surface area contributed by atoms with Crippen molar-refractivity contribution in [3.05, 3.63) is 0 Å². The molecule has 86 valence electrons. The van der Waals surface area contributed by atoms with E-state index in [2.05, 4.69) is 0 Å². The fourth-order valence-corrected chi connectivity index (χ4v) is 3.07. The summed E-state index contributed by atoms with van der Waals surface area (Å²) in [7, 11) is 0.523. The highest BCUT2D eigenvalue weighted by atomic mass is 28.4. The summed E-state index contributed by atoms with van der Waals surface area (Å²) in [5.74, 6) is 0. The van der Waals surface area contributed by atoms with E-state index in [1.165, 1.54) is 0 Å². The zero-order valence-corrected chi connectivity index (χ0v) is 9.86. The van der Waals surface area contributed by atoms with E-state index in [-0.39, 0.29) is 13.2 Å². The fraction of sp³-hybridized carbons (Fsp3) is 1.00. The Hall–Kier alpha value is 0.0169. The number of aliphatic hydroxyl groups is 2. The monoisotopic (exact) mass is 224 g/mol. The molecule has 0 saturated heterocycles. The summed E-state index contributed by atoms with van der Waals surface area (Å²) < 4.78 is 16.0. The molecule has 0 atom stereocenters. The number of aliphatic hydroxyl groups excluding tert-OH is 2. The number of rotatable bonds is 9. The molecule has 0 radical (unpaired) electrons. The van der Waals surface area contributed by atoms with Crippen molar-refractivity contribution in [3.63, 3.8) is 0 Å². The van der Waals surface area contributed by atoms with Gasteiger partial charge in [0, 0.05) is 40.1 Å². The Balaban J connectivity index is 3.94. The molecule has 0 aromatic carbocycles. The number of hydrogen-bond acceptors (Lipinski definition) is 5. The first-order valence-electron chi connectivity index (χ1n) is 4.70. The van der Waals surface area contributed by atoms with Gasteiger partial charge >= 0.3 is 8.80 Å². The third-order valence-corrected chi connectivity index (χ3v) is 4.74. The van der Waals surface area contributed by atoms with Crippen LogP contribution in [0, 0.1) is 0 Å². The van der Waals surface area contributed by atoms with Crippen LogP contribution in [0.3, 0.4) is 0 Å². The highest BCUT2D eigenvalue weighted by Crippen LogP contribution is 2.15. The second kappa shape index (κ2) is 8.34. The molecule has 0 saturated carbocycles. The zero-order chi connectivity index (χ0) is 10.9. The number of hydrogen-bond donors (Lipinski definition) is 2. The summed E-state index contributed by atoms with van der Waals surface area (Å²) in [5.41, 5.74) is 0. The zero-order valence-electron chi connectivity index (χ0n) is 8.86. The van der Waals surface area contributed by atoms with Gasteiger partial charge in [-0.25, -0.2) is 0 Å². The summed E-state index contributed by atoms with van der Waals surface area (Å²) in [6.07, 6.45) is 1.17. The van der Waals surface area contributed by atoms with Crippen LogP contribution >= 0.6 is 0 Å². The van der Waals surface area contributed by atoms with Gasteiger partial charge in [-0.05, 0) is 12.8 Å². The molecule has 0 rings (SSSR count). The van der Waals surface area contributed by atoms with E-state index in [1.54, 1.807) is 14.2 Å². The quantitative estimate of drug-likeness (QED) is 0.426. The molecule has 0 aliphatic carbocycles. The molecule has 2 N–H and O–H groups in total. The lowest BCUT2D eigenvalue weighted by Crippen LogP contribution is -2.44. The molecule has 0 bridgehead atoms. The molecule has 0 heterocycles. The van der Waals surface area contributed by atoms with Gasteiger partial charge in [-0.1, -0.05) is 0 Å². The van der Waals surface area contributed by atoms with Gasteiger partial charge in [0.2, 0.25) is 0 Å². The van der Waals surface area contributed by atoms with Crippen molar-refractivity contribution in [1.82, 2.24) is 0 Å². The first-order chi connectivity index (χ1) is 6.74. The standard InChI is InChI=1S/C8H20O5Si/c1-11-14(12-2,8-4-6-10)13-7-3-5-9/h9-10H,3-8H2,1-2H3. The lowest BCUT2D eigenvalue weighted by molar-refractivity contribution is 0.0888. The highest BCUT2D eigenvalue weighted by Gasteiger charge is 2.37. The largest absolute Gasteiger partial charge is 0.500 e. The molecule has 6 heteroatoms. The first-order valence-corrected chi connectivity index (χ1v) is 6.64. The van der Waals surface area contributed by atoms with Crippen LogP contribution in [0.15, 0.2) is 0 Å². The Morgan fingerprint density at radius 2 is 1.57 bits per heavy atom. The second-order valence-electron chi connectivity index (χ2n) is 2.84. The summed E-state index contributed by atoms with van der Waals surface area (Å²) in [6.45, 7) is 0.624. The molecular weight excluding hydrogens is 204 g/mol. The van der Waals surface area contributed by atoms with Crippen LogP contribution in [0.2, 0.25) is 6.04 Å². The Morgan fingerprint density at radius 3 is 2.00 bits per heavy atom. The van der Waals surface area contributed by atoms with E-state index >= 15 is 0 Å². The van der Waals surface area contributed by atoms with Gasteiger partial charge in [-0.2, -0.15) is 0 Å². The Morgan fingerprint density at radius 1 is 1.00 bits per heavy atom. The van der Waals surface area contributed by atoms with Gasteiger partial charge < -0.3 is 23.5 Å². The SMILES string of the molecule is CO[Si](CCCO)(OC)OCCCO. The maximum Gasteiger partial charge on any atom is 0.500 e. The van der Waals surface area contributed by atoms with Crippen molar-refractivity contribution in [2.45, 2.75) is 18.9 Å². The topological polar surface area (TPSA) is 68.2 Å². The molecule has 0 aromatic rings. The summed E-state index contributed by atoms with van der Waals surface area (Å²) >= 11 is 0. The van der Waals surface area contributed by atoms with Gasteiger partial charge in [0.1, 0.15) is 0 Å². The molecule has 0 spiro atoms. The molecule has 0 aliphatic rings. The predicted octanol–water partition coefficient (Wildman–Crippen LogP) is -0.000500. The van der Waals surface area contributed by atoms with Crippen LogP contribution in [-0.2, 0) is 13.3 Å². The van der Waals surface area contributed by atoms with Crippen molar-refractivity contribution in [2.24, 2.45) is 0 Å². The molecule has 14 heavy (non-hydrogen) atoms. The first kappa shape index (κ1) is 14.0. The Kier molecular flexibility index (Phi) is 8.35. The molecule has 0 amide bonds. The predicted molar refractivity (Wildman–Crippen MR) is 53.9 cm³/mol. The maximum atomic E-state index is 8.71. The van der Waals surface area contributed by atoms with Gasteiger partial charge in [0.05, 0.1) is 0 Å². The van der Waals surface area contributed by atoms with Crippen LogP contribution in [0.25, 0.3) is 0 Å². The van der Waals surface area contributed by atoms with E-state index in [1.807, 2.05) is 0 Å². The van der Waals surface area contributed by atoms with Gasteiger partial charge in [0.25, 0.3) is 0 Å². The van der Waals surface area contributed by atoms with Crippen LogP contribution in [0.1, 0.15) is 12.8 Å². The normalized spacial score (nSPS) is 12.0. The highest BCUT2D eigenvalue weighted by molar-refractivity contribution is 6.60. The average molecular weight is 224 g/mol. The van der Waals surface area contributed by atoms with E-state index in [9.17, 15) is 0 Å². The molecule has 0 unspecified atom stereocenters. The molecule has 0 fully saturated rings. The maximum absolute atomic E-state index is 8.71. The van der Waals surface area contributed by atoms with Crippen LogP contribution in [0.4, 0.5) is 0 Å². The Labute approximate surface area is 86.0 Å². The molecule has 5 nitrogen and oxygen atoms in total. The minimum atomic E-state index is -2.57. The van der Waals surface area contributed by atoms with E-state index in [0.717, 1.165) is 0 Å². The summed E-state index contributed by atoms with van der Waals surface area (Å²) in [5, 5.41) is 17.3. The fourth-order valence-electron chi connectivity index (χ4n) is 1.07. The van der Waals surface area contributed by atoms with E-state index in [0.29, 0.717) is 25.5 Å². The average Bonchev–Trinajstić information content (AvgIpc) is 2.24. The molecular formula is C8H20O5Si. The van der Waals surface area contributed by atoms with Crippen molar-refractivity contribution >= 4 is 8.80 Å². The second-order valence-corrected chi connectivity index (χ2v) is 5.82. The Bertz CT molecular complexity index is 129. The van der Waals surface area contributed by atoms with Crippen molar-refractivity contribution < 1.29 is 23.5 Å². The van der Waals surface area contributed by atoms with E-state index < -0.39 is 8.80 Å². The molecule has 0 aromatic heterocycles. The van der Waals surface area contributed by atoms with Gasteiger partial charge in [0.15, 0.2) is 0 Å². The van der Waals surface area contributed by atoms with E-state index in [4.69, 9.17) is 23.5 Å². The van der Waals surface area contributed by atoms with Crippen LogP contribution < -0.4 is 0 Å². The lowest BCUT2D eigenvalue weighted by atomic mass is 10.5. The van der Waals surface area contributed by atoms with Gasteiger partial charge in [-0.3, -0.25) is 0 Å². The minimum Gasteiger partial charge on any atom is -0.396 e. The van der Waals surface area contributed by atoms with Crippen LogP contribution in [0.5, 0.6) is 0 Å². The third kappa shape index (κ3) is 5.04. The minimum absolute atomic E-state index is 0.0951. The van der Waals surface area contributed by atoms with Crippen LogP contribution in [-0.4, -0.2) is 53.1 Å². The summed E-state index contributed by atoms with van der Waals surface area (Å²) in [6, 6.07) is 0.599. The van der Waals surface area contributed by atoms with Crippen molar-refractivity contribution in [2.75, 3.05) is 34.0 Å². The van der Waals surface area contributed by atoms with Gasteiger partial charge in [-0.15, -0.1) is 0 Å². The summed E-state index contributed by atoms with van der Waals surface area (Å²) in [4.78, 5) is 0. The van der Waals surface area contributed by atoms with Crippen molar-refractivity contribution in [1.29, 1.82) is 0 Å². The van der Waals surface area contributed by atoms with Crippen molar-refractivity contribution in [3.8, 4) is 0 Å². The molecule has 0 aliphatic heterocycles. The smallest absolute Gasteiger partial charge is 0.396 e. The lowest BCUT2D eigenvalue weighted by Gasteiger charge is -2.25. The third-order valence-electron chi connectivity index (χ3n) is 1.89.